The smallest absolute Gasteiger partial charge is 0.335 e. The van der Waals surface area contributed by atoms with E-state index in [0.29, 0.717) is 19.6 Å². The number of hydrogen-bond donors (Lipinski definition) is 1. The van der Waals surface area contributed by atoms with Gasteiger partial charge < -0.3 is 10.0 Å². The molecule has 0 bridgehead atoms. The minimum Gasteiger partial charge on any atom is -0.478 e. The van der Waals surface area contributed by atoms with E-state index in [0.717, 1.165) is 0 Å². The van der Waals surface area contributed by atoms with Crippen molar-refractivity contribution in [2.24, 2.45) is 0 Å². The normalized spacial score (nSPS) is 21.8. The largest absolute Gasteiger partial charge is 0.478 e. The van der Waals surface area contributed by atoms with Crippen LogP contribution in [0.2, 0.25) is 0 Å². The third-order valence-electron chi connectivity index (χ3n) is 3.48. The molecule has 1 atom stereocenters. The Hall–Kier alpha value is -1.44. The lowest BCUT2D eigenvalue weighted by Crippen LogP contribution is -2.52. The molecule has 1 fully saturated rings. The van der Waals surface area contributed by atoms with Crippen LogP contribution in [0.4, 0.5) is 0 Å². The zero-order chi connectivity index (χ0) is 14.9. The Morgan fingerprint density at radius 1 is 1.25 bits per heavy atom. The number of carboxylic acids is 1. The number of aromatic carboxylic acids is 1. The molecule has 0 aliphatic carbocycles. The number of rotatable bonds is 3. The van der Waals surface area contributed by atoms with Gasteiger partial charge in [-0.2, -0.15) is 4.31 Å². The number of sulfonamides is 1. The molecule has 1 N–H and O–H groups in total. The first-order valence-electron chi connectivity index (χ1n) is 6.36. The van der Waals surface area contributed by atoms with E-state index in [4.69, 9.17) is 5.11 Å². The van der Waals surface area contributed by atoms with Crippen LogP contribution in [-0.2, 0) is 10.0 Å². The van der Waals surface area contributed by atoms with Crippen molar-refractivity contribution >= 4 is 16.0 Å². The summed E-state index contributed by atoms with van der Waals surface area (Å²) < 4.78 is 26.6. The Morgan fingerprint density at radius 2 is 1.85 bits per heavy atom. The van der Waals surface area contributed by atoms with Gasteiger partial charge in [0.25, 0.3) is 0 Å². The summed E-state index contributed by atoms with van der Waals surface area (Å²) in [5.74, 6) is -1.07. The fraction of sp³-hybridized carbons (Fsp3) is 0.462. The number of piperazine rings is 1. The number of nitrogens with zero attached hydrogens (tertiary/aromatic N) is 2. The summed E-state index contributed by atoms with van der Waals surface area (Å²) in [5.41, 5.74) is 0.0791. The maximum absolute atomic E-state index is 12.5. The second-order valence-corrected chi connectivity index (χ2v) is 6.95. The first-order valence-corrected chi connectivity index (χ1v) is 7.80. The van der Waals surface area contributed by atoms with Gasteiger partial charge in [0.15, 0.2) is 0 Å². The molecule has 1 aromatic rings. The Labute approximate surface area is 118 Å². The van der Waals surface area contributed by atoms with Gasteiger partial charge in [0.2, 0.25) is 10.0 Å². The minimum absolute atomic E-state index is 0.0791. The monoisotopic (exact) mass is 298 g/mol. The van der Waals surface area contributed by atoms with Crippen molar-refractivity contribution < 1.29 is 18.3 Å². The highest BCUT2D eigenvalue weighted by atomic mass is 32.2. The first kappa shape index (κ1) is 15.0. The molecule has 1 aliphatic heterocycles. The van der Waals surface area contributed by atoms with Gasteiger partial charge in [-0.1, -0.05) is 0 Å². The molecule has 1 saturated heterocycles. The fourth-order valence-electron chi connectivity index (χ4n) is 2.39. The van der Waals surface area contributed by atoms with Crippen molar-refractivity contribution in [2.45, 2.75) is 17.9 Å². The van der Waals surface area contributed by atoms with Crippen molar-refractivity contribution in [3.8, 4) is 0 Å². The molecule has 20 heavy (non-hydrogen) atoms. The van der Waals surface area contributed by atoms with E-state index in [2.05, 4.69) is 4.90 Å². The summed E-state index contributed by atoms with van der Waals surface area (Å²) in [6.45, 7) is 3.70. The molecule has 6 nitrogen and oxygen atoms in total. The topological polar surface area (TPSA) is 77.9 Å². The van der Waals surface area contributed by atoms with Crippen LogP contribution in [0, 0.1) is 0 Å². The summed E-state index contributed by atoms with van der Waals surface area (Å²) in [4.78, 5) is 13.0. The average molecular weight is 298 g/mol. The van der Waals surface area contributed by atoms with E-state index in [1.807, 2.05) is 14.0 Å². The van der Waals surface area contributed by atoms with E-state index >= 15 is 0 Å². The van der Waals surface area contributed by atoms with Crippen molar-refractivity contribution in [1.82, 2.24) is 9.21 Å². The molecule has 0 radical (unpaired) electrons. The molecule has 2 rings (SSSR count). The van der Waals surface area contributed by atoms with Gasteiger partial charge in [-0.3, -0.25) is 0 Å². The van der Waals surface area contributed by atoms with Gasteiger partial charge in [0, 0.05) is 25.7 Å². The quantitative estimate of drug-likeness (QED) is 0.889. The molecule has 0 aromatic heterocycles. The fourth-order valence-corrected chi connectivity index (χ4v) is 4.00. The number of benzene rings is 1. The van der Waals surface area contributed by atoms with E-state index in [-0.39, 0.29) is 16.5 Å². The molecule has 1 unspecified atom stereocenters. The SMILES string of the molecule is CC1CN(C)CCN1S(=O)(=O)c1ccc(C(=O)O)cc1. The van der Waals surface area contributed by atoms with Gasteiger partial charge in [-0.05, 0) is 38.2 Å². The maximum atomic E-state index is 12.5. The number of likely N-dealkylation sites (N-methyl/N-ethyl adjacent to an activating group) is 1. The summed E-state index contributed by atoms with van der Waals surface area (Å²) in [7, 11) is -1.60. The molecule has 7 heteroatoms. The molecule has 1 aliphatic rings. The number of carbonyl (C=O) groups is 1. The number of hydrogen-bond acceptors (Lipinski definition) is 4. The number of carboxylic acid groups (broad SMARTS) is 1. The van der Waals surface area contributed by atoms with E-state index < -0.39 is 16.0 Å². The van der Waals surface area contributed by atoms with Crippen LogP contribution in [0.1, 0.15) is 17.3 Å². The lowest BCUT2D eigenvalue weighted by atomic mass is 10.2. The van der Waals surface area contributed by atoms with E-state index in [1.54, 1.807) is 0 Å². The van der Waals surface area contributed by atoms with Crippen molar-refractivity contribution in [1.29, 1.82) is 0 Å². The molecule has 0 amide bonds. The molecule has 0 spiro atoms. The van der Waals surface area contributed by atoms with Crippen LogP contribution in [0.5, 0.6) is 0 Å². The molecule has 1 aromatic carbocycles. The van der Waals surface area contributed by atoms with Crippen molar-refractivity contribution in [3.63, 3.8) is 0 Å². The van der Waals surface area contributed by atoms with Gasteiger partial charge >= 0.3 is 5.97 Å². The van der Waals surface area contributed by atoms with Gasteiger partial charge in [0.05, 0.1) is 10.5 Å². The van der Waals surface area contributed by atoms with Gasteiger partial charge in [-0.15, -0.1) is 0 Å². The molecular weight excluding hydrogens is 280 g/mol. The van der Waals surface area contributed by atoms with E-state index in [1.165, 1.54) is 28.6 Å². The molecule has 0 saturated carbocycles. The highest BCUT2D eigenvalue weighted by Gasteiger charge is 2.32. The van der Waals surface area contributed by atoms with Gasteiger partial charge in [0.1, 0.15) is 0 Å². The van der Waals surface area contributed by atoms with Crippen LogP contribution in [0.3, 0.4) is 0 Å². The Kier molecular flexibility index (Phi) is 4.12. The van der Waals surface area contributed by atoms with E-state index in [9.17, 15) is 13.2 Å². The minimum atomic E-state index is -3.56. The second-order valence-electron chi connectivity index (χ2n) is 5.06. The summed E-state index contributed by atoms with van der Waals surface area (Å²) in [6, 6.07) is 5.23. The highest BCUT2D eigenvalue weighted by Crippen LogP contribution is 2.21. The Bertz CT molecular complexity index is 597. The van der Waals surface area contributed by atoms with Crippen LogP contribution in [-0.4, -0.2) is 61.4 Å². The third-order valence-corrected chi connectivity index (χ3v) is 5.51. The third kappa shape index (κ3) is 2.84. The van der Waals surface area contributed by atoms with Crippen LogP contribution in [0.15, 0.2) is 29.2 Å². The maximum Gasteiger partial charge on any atom is 0.335 e. The van der Waals surface area contributed by atoms with Crippen LogP contribution in [0.25, 0.3) is 0 Å². The Balaban J connectivity index is 2.28. The lowest BCUT2D eigenvalue weighted by Gasteiger charge is -2.37. The first-order chi connectivity index (χ1) is 9.32. The molecule has 1 heterocycles. The molecular formula is C13H18N2O4S. The second kappa shape index (κ2) is 5.51. The predicted molar refractivity (Wildman–Crippen MR) is 74.3 cm³/mol. The molecule has 110 valence electrons. The van der Waals surface area contributed by atoms with Crippen LogP contribution >= 0.6 is 0 Å². The van der Waals surface area contributed by atoms with Crippen molar-refractivity contribution in [2.75, 3.05) is 26.7 Å². The zero-order valence-corrected chi connectivity index (χ0v) is 12.3. The Morgan fingerprint density at radius 3 is 2.35 bits per heavy atom. The summed E-state index contributed by atoms with van der Waals surface area (Å²) >= 11 is 0. The predicted octanol–water partition coefficient (Wildman–Crippen LogP) is 0.709. The van der Waals surface area contributed by atoms with Crippen LogP contribution < -0.4 is 0 Å². The van der Waals surface area contributed by atoms with Crippen molar-refractivity contribution in [3.05, 3.63) is 29.8 Å². The zero-order valence-electron chi connectivity index (χ0n) is 11.5. The average Bonchev–Trinajstić information content (AvgIpc) is 2.38. The summed E-state index contributed by atoms with van der Waals surface area (Å²) in [6.07, 6.45) is 0. The van der Waals surface area contributed by atoms with Gasteiger partial charge in [-0.25, -0.2) is 13.2 Å². The summed E-state index contributed by atoms with van der Waals surface area (Å²) in [5, 5.41) is 8.83. The highest BCUT2D eigenvalue weighted by molar-refractivity contribution is 7.89. The lowest BCUT2D eigenvalue weighted by molar-refractivity contribution is 0.0696. The standard InChI is InChI=1S/C13H18N2O4S/c1-10-9-14(2)7-8-15(10)20(18,19)12-5-3-11(4-6-12)13(16)17/h3-6,10H,7-9H2,1-2H3,(H,16,17).